The fourth-order valence-electron chi connectivity index (χ4n) is 3.39. The lowest BCUT2D eigenvalue weighted by Crippen LogP contribution is -2.44. The zero-order valence-electron chi connectivity index (χ0n) is 14.4. The Hall–Kier alpha value is -1.75. The van der Waals surface area contributed by atoms with Crippen molar-refractivity contribution >= 4 is 6.03 Å². The summed E-state index contributed by atoms with van der Waals surface area (Å²) < 4.78 is 11.3. The van der Waals surface area contributed by atoms with Crippen molar-refractivity contribution in [3.8, 4) is 5.75 Å². The molecule has 0 spiro atoms. The fraction of sp³-hybridized carbons (Fsp3) is 0.632. The Balaban J connectivity index is 1.39. The SMILES string of the molecule is C[C@H](NC(=O)NCc1ccc(OC2CCCC2)cc1)[C@H]1CCOC1. The Morgan fingerprint density at radius 3 is 2.67 bits per heavy atom. The van der Waals surface area contributed by atoms with Crippen LogP contribution in [0.2, 0.25) is 0 Å². The van der Waals surface area contributed by atoms with Crippen molar-refractivity contribution in [1.82, 2.24) is 10.6 Å². The predicted octanol–water partition coefficient (Wildman–Crippen LogP) is 3.23. The third kappa shape index (κ3) is 4.87. The summed E-state index contributed by atoms with van der Waals surface area (Å²) in [5.41, 5.74) is 1.07. The van der Waals surface area contributed by atoms with Crippen molar-refractivity contribution < 1.29 is 14.3 Å². The number of amides is 2. The van der Waals surface area contributed by atoms with Crippen molar-refractivity contribution in [2.45, 2.75) is 57.7 Å². The first-order chi connectivity index (χ1) is 11.7. The molecule has 2 atom stereocenters. The number of hydrogen-bond acceptors (Lipinski definition) is 3. The zero-order chi connectivity index (χ0) is 16.8. The van der Waals surface area contributed by atoms with Gasteiger partial charge in [-0.3, -0.25) is 0 Å². The molecule has 0 unspecified atom stereocenters. The molecule has 132 valence electrons. The Labute approximate surface area is 144 Å². The van der Waals surface area contributed by atoms with Crippen LogP contribution < -0.4 is 15.4 Å². The summed E-state index contributed by atoms with van der Waals surface area (Å²) in [5.74, 6) is 1.34. The van der Waals surface area contributed by atoms with Gasteiger partial charge in [-0.2, -0.15) is 0 Å². The Kier molecular flexibility index (Phi) is 5.96. The summed E-state index contributed by atoms with van der Waals surface area (Å²) in [6.45, 7) is 4.09. The minimum atomic E-state index is -0.124. The van der Waals surface area contributed by atoms with Crippen LogP contribution in [-0.4, -0.2) is 31.4 Å². The zero-order valence-corrected chi connectivity index (χ0v) is 14.4. The van der Waals surface area contributed by atoms with Gasteiger partial charge in [-0.05, 0) is 56.7 Å². The van der Waals surface area contributed by atoms with E-state index < -0.39 is 0 Å². The van der Waals surface area contributed by atoms with Crippen molar-refractivity contribution in [1.29, 1.82) is 0 Å². The highest BCUT2D eigenvalue weighted by Crippen LogP contribution is 2.24. The van der Waals surface area contributed by atoms with Gasteiger partial charge < -0.3 is 20.1 Å². The number of nitrogens with one attached hydrogen (secondary N) is 2. The normalized spacial score (nSPS) is 22.3. The lowest BCUT2D eigenvalue weighted by Gasteiger charge is -2.19. The van der Waals surface area contributed by atoms with E-state index in [2.05, 4.69) is 10.6 Å². The minimum absolute atomic E-state index is 0.124. The monoisotopic (exact) mass is 332 g/mol. The molecule has 5 heteroatoms. The first-order valence-corrected chi connectivity index (χ1v) is 9.08. The Morgan fingerprint density at radius 2 is 2.00 bits per heavy atom. The number of carbonyl (C=O) groups is 1. The molecule has 2 fully saturated rings. The summed E-state index contributed by atoms with van der Waals surface area (Å²) in [4.78, 5) is 12.0. The number of ether oxygens (including phenoxy) is 2. The average Bonchev–Trinajstić information content (AvgIpc) is 3.28. The molecule has 0 aromatic heterocycles. The van der Waals surface area contributed by atoms with Crippen molar-refractivity contribution in [2.24, 2.45) is 5.92 Å². The van der Waals surface area contributed by atoms with E-state index in [9.17, 15) is 4.79 Å². The highest BCUT2D eigenvalue weighted by molar-refractivity contribution is 5.74. The second-order valence-corrected chi connectivity index (χ2v) is 6.91. The first kappa shape index (κ1) is 17.1. The molecule has 1 aliphatic carbocycles. The number of hydrogen-bond donors (Lipinski definition) is 2. The molecule has 0 bridgehead atoms. The van der Waals surface area contributed by atoms with E-state index in [0.29, 0.717) is 18.6 Å². The van der Waals surface area contributed by atoms with Crippen LogP contribution in [0.25, 0.3) is 0 Å². The average molecular weight is 332 g/mol. The number of benzene rings is 1. The molecule has 0 radical (unpaired) electrons. The summed E-state index contributed by atoms with van der Waals surface area (Å²) in [6, 6.07) is 8.02. The number of carbonyl (C=O) groups excluding carboxylic acids is 1. The van der Waals surface area contributed by atoms with E-state index >= 15 is 0 Å². The fourth-order valence-corrected chi connectivity index (χ4v) is 3.39. The highest BCUT2D eigenvalue weighted by atomic mass is 16.5. The van der Waals surface area contributed by atoms with Gasteiger partial charge in [0.1, 0.15) is 5.75 Å². The van der Waals surface area contributed by atoms with Crippen molar-refractivity contribution in [3.63, 3.8) is 0 Å². The maximum Gasteiger partial charge on any atom is 0.315 e. The predicted molar refractivity (Wildman–Crippen MR) is 93.1 cm³/mol. The summed E-state index contributed by atoms with van der Waals surface area (Å²) in [6.07, 6.45) is 6.26. The van der Waals surface area contributed by atoms with E-state index in [-0.39, 0.29) is 12.1 Å². The highest BCUT2D eigenvalue weighted by Gasteiger charge is 2.23. The molecule has 5 nitrogen and oxygen atoms in total. The second kappa shape index (κ2) is 8.38. The van der Waals surface area contributed by atoms with Gasteiger partial charge >= 0.3 is 6.03 Å². The lowest BCUT2D eigenvalue weighted by molar-refractivity contribution is 0.178. The molecule has 2 N–H and O–H groups in total. The molecule has 24 heavy (non-hydrogen) atoms. The maximum atomic E-state index is 12.0. The molecule has 3 rings (SSSR count). The van der Waals surface area contributed by atoms with E-state index in [1.54, 1.807) is 0 Å². The van der Waals surface area contributed by atoms with E-state index in [1.165, 1.54) is 12.8 Å². The lowest BCUT2D eigenvalue weighted by atomic mass is 10.0. The van der Waals surface area contributed by atoms with Crippen LogP contribution in [0, 0.1) is 5.92 Å². The summed E-state index contributed by atoms with van der Waals surface area (Å²) in [7, 11) is 0. The van der Waals surface area contributed by atoms with Gasteiger partial charge in [-0.1, -0.05) is 12.1 Å². The van der Waals surface area contributed by atoms with Crippen LogP contribution >= 0.6 is 0 Å². The molecular formula is C19H28N2O3. The molecule has 2 amide bonds. The molecule has 1 saturated carbocycles. The number of urea groups is 1. The quantitative estimate of drug-likeness (QED) is 0.841. The third-order valence-electron chi connectivity index (χ3n) is 5.01. The van der Waals surface area contributed by atoms with E-state index in [1.807, 2.05) is 31.2 Å². The Morgan fingerprint density at radius 1 is 1.25 bits per heavy atom. The molecule has 1 aliphatic heterocycles. The van der Waals surface area contributed by atoms with E-state index in [0.717, 1.165) is 43.8 Å². The standard InChI is InChI=1S/C19H28N2O3/c1-14(16-10-11-23-13-16)21-19(22)20-12-15-6-8-18(9-7-15)24-17-4-2-3-5-17/h6-9,14,16-17H,2-5,10-13H2,1H3,(H2,20,21,22)/t14-,16-/m0/s1. The second-order valence-electron chi connectivity index (χ2n) is 6.91. The van der Waals surface area contributed by atoms with Crippen molar-refractivity contribution in [2.75, 3.05) is 13.2 Å². The van der Waals surface area contributed by atoms with Crippen LogP contribution in [0.3, 0.4) is 0 Å². The van der Waals surface area contributed by atoms with Gasteiger partial charge in [-0.25, -0.2) is 4.79 Å². The van der Waals surface area contributed by atoms with Crippen LogP contribution in [-0.2, 0) is 11.3 Å². The van der Waals surface area contributed by atoms with Gasteiger partial charge in [0.25, 0.3) is 0 Å². The van der Waals surface area contributed by atoms with Crippen molar-refractivity contribution in [3.05, 3.63) is 29.8 Å². The van der Waals surface area contributed by atoms with Gasteiger partial charge in [-0.15, -0.1) is 0 Å². The van der Waals surface area contributed by atoms with Crippen LogP contribution in [0.1, 0.15) is 44.6 Å². The summed E-state index contributed by atoms with van der Waals surface area (Å²) in [5, 5.41) is 5.91. The molecule has 1 heterocycles. The topological polar surface area (TPSA) is 59.6 Å². The van der Waals surface area contributed by atoms with E-state index in [4.69, 9.17) is 9.47 Å². The van der Waals surface area contributed by atoms with Crippen LogP contribution in [0.5, 0.6) is 5.75 Å². The third-order valence-corrected chi connectivity index (χ3v) is 5.01. The molecule has 1 aromatic rings. The number of rotatable bonds is 6. The van der Waals surface area contributed by atoms with Crippen LogP contribution in [0.4, 0.5) is 4.79 Å². The largest absolute Gasteiger partial charge is 0.490 e. The molecule has 1 saturated heterocycles. The minimum Gasteiger partial charge on any atom is -0.490 e. The molecule has 1 aromatic carbocycles. The maximum absolute atomic E-state index is 12.0. The van der Waals surface area contributed by atoms with Crippen LogP contribution in [0.15, 0.2) is 24.3 Å². The summed E-state index contributed by atoms with van der Waals surface area (Å²) >= 11 is 0. The smallest absolute Gasteiger partial charge is 0.315 e. The Bertz CT molecular complexity index is 520. The first-order valence-electron chi connectivity index (χ1n) is 9.08. The van der Waals surface area contributed by atoms with Gasteiger partial charge in [0.2, 0.25) is 0 Å². The van der Waals surface area contributed by atoms with Gasteiger partial charge in [0.15, 0.2) is 0 Å². The van der Waals surface area contributed by atoms with Gasteiger partial charge in [0.05, 0.1) is 12.7 Å². The van der Waals surface area contributed by atoms with Gasteiger partial charge in [0, 0.05) is 25.1 Å². The molecule has 2 aliphatic rings. The molecular weight excluding hydrogens is 304 g/mol.